The number of allylic oxidation sites excluding steroid dienone is 6. The summed E-state index contributed by atoms with van der Waals surface area (Å²) in [6.45, 7) is 10.1. The van der Waals surface area contributed by atoms with Gasteiger partial charge >= 0.3 is 0 Å². The van der Waals surface area contributed by atoms with Crippen LogP contribution in [0, 0.1) is 6.92 Å². The molecule has 0 saturated heterocycles. The van der Waals surface area contributed by atoms with E-state index in [4.69, 9.17) is 0 Å². The quantitative estimate of drug-likeness (QED) is 0.806. The van der Waals surface area contributed by atoms with Crippen LogP contribution in [0.2, 0.25) is 0 Å². The molecule has 0 aliphatic carbocycles. The first-order chi connectivity index (χ1) is 8.61. The van der Waals surface area contributed by atoms with Crippen molar-refractivity contribution in [2.24, 2.45) is 0 Å². The molecule has 1 aliphatic rings. The minimum absolute atomic E-state index is 1.13. The van der Waals surface area contributed by atoms with Crippen LogP contribution in [0.5, 0.6) is 0 Å². The van der Waals surface area contributed by atoms with Crippen LogP contribution in [0.1, 0.15) is 25.0 Å². The summed E-state index contributed by atoms with van der Waals surface area (Å²) in [5, 5.41) is 3.38. The highest BCUT2D eigenvalue weighted by Crippen LogP contribution is 2.26. The first-order valence-electron chi connectivity index (χ1n) is 6.18. The fourth-order valence-corrected chi connectivity index (χ4v) is 2.09. The van der Waals surface area contributed by atoms with Gasteiger partial charge in [0.15, 0.2) is 0 Å². The summed E-state index contributed by atoms with van der Waals surface area (Å²) in [4.78, 5) is 0. The Bertz CT molecular complexity index is 571. The topological polar surface area (TPSA) is 12.0 Å². The van der Waals surface area contributed by atoms with Crippen LogP contribution in [0.4, 0.5) is 0 Å². The second-order valence-electron chi connectivity index (χ2n) is 4.67. The molecular formula is C17H19N. The highest BCUT2D eigenvalue weighted by atomic mass is 14.9. The number of benzene rings is 1. The molecule has 2 rings (SSSR count). The van der Waals surface area contributed by atoms with E-state index in [2.05, 4.69) is 69.1 Å². The van der Waals surface area contributed by atoms with Gasteiger partial charge in [0.25, 0.3) is 0 Å². The minimum Gasteiger partial charge on any atom is -0.359 e. The van der Waals surface area contributed by atoms with Crippen molar-refractivity contribution < 1.29 is 0 Å². The van der Waals surface area contributed by atoms with E-state index < -0.39 is 0 Å². The van der Waals surface area contributed by atoms with Gasteiger partial charge in [0, 0.05) is 11.4 Å². The van der Waals surface area contributed by atoms with Crippen LogP contribution in [0.3, 0.4) is 0 Å². The van der Waals surface area contributed by atoms with Gasteiger partial charge < -0.3 is 5.32 Å². The van der Waals surface area contributed by atoms with Gasteiger partial charge in [-0.2, -0.15) is 0 Å². The SMILES string of the molecule is C=C/C(C)=C1/C=C(c2ccccc2C)C=C(C)N1. The monoisotopic (exact) mass is 237 g/mol. The predicted molar refractivity (Wildman–Crippen MR) is 78.9 cm³/mol. The molecule has 0 radical (unpaired) electrons. The summed E-state index contributed by atoms with van der Waals surface area (Å²) in [6, 6.07) is 8.46. The van der Waals surface area contributed by atoms with E-state index in [1.807, 2.05) is 6.08 Å². The lowest BCUT2D eigenvalue weighted by Gasteiger charge is -2.19. The van der Waals surface area contributed by atoms with Crippen molar-refractivity contribution in [3.8, 4) is 0 Å². The number of hydrogen-bond acceptors (Lipinski definition) is 1. The Morgan fingerprint density at radius 3 is 2.56 bits per heavy atom. The lowest BCUT2D eigenvalue weighted by atomic mass is 9.96. The fourth-order valence-electron chi connectivity index (χ4n) is 2.09. The third-order valence-corrected chi connectivity index (χ3v) is 3.19. The molecule has 1 aromatic carbocycles. The van der Waals surface area contributed by atoms with E-state index in [1.165, 1.54) is 16.7 Å². The molecule has 0 atom stereocenters. The maximum Gasteiger partial charge on any atom is 0.0417 e. The van der Waals surface area contributed by atoms with E-state index in [1.54, 1.807) is 0 Å². The molecule has 0 spiro atoms. The summed E-state index contributed by atoms with van der Waals surface area (Å²) >= 11 is 0. The van der Waals surface area contributed by atoms with Gasteiger partial charge in [-0.1, -0.05) is 36.9 Å². The van der Waals surface area contributed by atoms with Crippen molar-refractivity contribution in [3.63, 3.8) is 0 Å². The molecule has 0 bridgehead atoms. The van der Waals surface area contributed by atoms with Gasteiger partial charge in [-0.05, 0) is 55.2 Å². The summed E-state index contributed by atoms with van der Waals surface area (Å²) in [6.07, 6.45) is 6.25. The summed E-state index contributed by atoms with van der Waals surface area (Å²) in [5.41, 5.74) is 7.28. The largest absolute Gasteiger partial charge is 0.359 e. The maximum absolute atomic E-state index is 3.83. The zero-order valence-electron chi connectivity index (χ0n) is 11.2. The van der Waals surface area contributed by atoms with E-state index in [0.717, 1.165) is 17.0 Å². The number of dihydropyridines is 1. The van der Waals surface area contributed by atoms with Crippen LogP contribution in [0.15, 0.2) is 66.0 Å². The zero-order valence-corrected chi connectivity index (χ0v) is 11.2. The van der Waals surface area contributed by atoms with Gasteiger partial charge in [-0.25, -0.2) is 0 Å². The van der Waals surface area contributed by atoms with Gasteiger partial charge in [-0.3, -0.25) is 0 Å². The molecule has 0 saturated carbocycles. The second-order valence-corrected chi connectivity index (χ2v) is 4.67. The standard InChI is InChI=1S/C17H19N/c1-5-12(2)17-11-15(10-14(4)18-17)16-9-7-6-8-13(16)3/h5-11,18H,1H2,2-4H3/b17-12-. The van der Waals surface area contributed by atoms with Crippen LogP contribution in [-0.4, -0.2) is 0 Å². The predicted octanol–water partition coefficient (Wildman–Crippen LogP) is 4.35. The Labute approximate surface area is 109 Å². The van der Waals surface area contributed by atoms with Gasteiger partial charge in [0.1, 0.15) is 0 Å². The Morgan fingerprint density at radius 1 is 1.17 bits per heavy atom. The molecule has 1 nitrogen and oxygen atoms in total. The Balaban J connectivity index is 2.53. The zero-order chi connectivity index (χ0) is 13.1. The van der Waals surface area contributed by atoms with Crippen molar-refractivity contribution in [2.75, 3.05) is 0 Å². The molecule has 0 amide bonds. The summed E-state index contributed by atoms with van der Waals surface area (Å²) < 4.78 is 0. The molecule has 0 aromatic heterocycles. The second kappa shape index (κ2) is 5.09. The van der Waals surface area contributed by atoms with Crippen LogP contribution < -0.4 is 5.32 Å². The first kappa shape index (κ1) is 12.4. The lowest BCUT2D eigenvalue weighted by molar-refractivity contribution is 0.976. The van der Waals surface area contributed by atoms with Crippen molar-refractivity contribution in [2.45, 2.75) is 20.8 Å². The average Bonchev–Trinajstić information content (AvgIpc) is 2.37. The summed E-state index contributed by atoms with van der Waals surface area (Å²) in [5.74, 6) is 0. The van der Waals surface area contributed by atoms with Crippen LogP contribution in [0.25, 0.3) is 5.57 Å². The number of nitrogens with one attached hydrogen (secondary N) is 1. The molecular weight excluding hydrogens is 218 g/mol. The molecule has 1 heteroatoms. The van der Waals surface area contributed by atoms with Crippen molar-refractivity contribution in [1.82, 2.24) is 5.32 Å². The minimum atomic E-state index is 1.13. The van der Waals surface area contributed by atoms with E-state index >= 15 is 0 Å². The normalized spacial score (nSPS) is 17.5. The molecule has 0 fully saturated rings. The average molecular weight is 237 g/mol. The molecule has 1 aliphatic heterocycles. The van der Waals surface area contributed by atoms with E-state index in [9.17, 15) is 0 Å². The third-order valence-electron chi connectivity index (χ3n) is 3.19. The van der Waals surface area contributed by atoms with Crippen LogP contribution >= 0.6 is 0 Å². The molecule has 18 heavy (non-hydrogen) atoms. The summed E-state index contributed by atoms with van der Waals surface area (Å²) in [7, 11) is 0. The Kier molecular flexibility index (Phi) is 3.52. The van der Waals surface area contributed by atoms with Crippen molar-refractivity contribution in [1.29, 1.82) is 0 Å². The number of aryl methyl sites for hydroxylation is 1. The van der Waals surface area contributed by atoms with Crippen LogP contribution in [-0.2, 0) is 0 Å². The third kappa shape index (κ3) is 2.45. The molecule has 1 N–H and O–H groups in total. The molecule has 1 heterocycles. The highest BCUT2D eigenvalue weighted by Gasteiger charge is 2.10. The molecule has 1 aromatic rings. The Hall–Kier alpha value is -2.02. The van der Waals surface area contributed by atoms with Gasteiger partial charge in [-0.15, -0.1) is 0 Å². The van der Waals surface area contributed by atoms with Gasteiger partial charge in [0.2, 0.25) is 0 Å². The van der Waals surface area contributed by atoms with Gasteiger partial charge in [0.05, 0.1) is 0 Å². The van der Waals surface area contributed by atoms with Crippen molar-refractivity contribution >= 4 is 5.57 Å². The lowest BCUT2D eigenvalue weighted by Crippen LogP contribution is -2.14. The fraction of sp³-hybridized carbons (Fsp3) is 0.176. The number of hydrogen-bond donors (Lipinski definition) is 1. The molecule has 92 valence electrons. The molecule has 0 unspecified atom stereocenters. The highest BCUT2D eigenvalue weighted by molar-refractivity contribution is 5.80. The number of rotatable bonds is 2. The Morgan fingerprint density at radius 2 is 1.89 bits per heavy atom. The van der Waals surface area contributed by atoms with E-state index in [-0.39, 0.29) is 0 Å². The first-order valence-corrected chi connectivity index (χ1v) is 6.18. The smallest absolute Gasteiger partial charge is 0.0417 e. The maximum atomic E-state index is 3.83. The van der Waals surface area contributed by atoms with Crippen molar-refractivity contribution in [3.05, 3.63) is 77.2 Å². The van der Waals surface area contributed by atoms with E-state index in [0.29, 0.717) is 0 Å².